The molecule has 1 saturated heterocycles. The highest BCUT2D eigenvalue weighted by molar-refractivity contribution is 9.10. The summed E-state index contributed by atoms with van der Waals surface area (Å²) in [6.45, 7) is 1.96. The van der Waals surface area contributed by atoms with E-state index in [1.165, 1.54) is 20.5 Å². The Morgan fingerprint density at radius 3 is 2.73 bits per heavy atom. The Hall–Kier alpha value is -4.26. The third-order valence-electron chi connectivity index (χ3n) is 7.85. The molecule has 1 aliphatic heterocycles. The molecule has 2 amide bonds. The number of likely N-dealkylation sites (tertiary alicyclic amines) is 1. The number of anilines is 2. The molecule has 1 aromatic carbocycles. The van der Waals surface area contributed by atoms with Gasteiger partial charge in [-0.15, -0.1) is 0 Å². The van der Waals surface area contributed by atoms with E-state index in [4.69, 9.17) is 15.2 Å². The maximum atomic E-state index is 14.0. The van der Waals surface area contributed by atoms with E-state index in [2.05, 4.69) is 43.1 Å². The van der Waals surface area contributed by atoms with Gasteiger partial charge in [0, 0.05) is 11.4 Å². The summed E-state index contributed by atoms with van der Waals surface area (Å²) in [5.74, 6) is -0.148. The van der Waals surface area contributed by atoms with Crippen LogP contribution in [0.3, 0.4) is 0 Å². The van der Waals surface area contributed by atoms with Crippen LogP contribution in [-0.2, 0) is 20.9 Å². The number of hydrogen-bond donors (Lipinski definition) is 2. The molecule has 3 aromatic heterocycles. The summed E-state index contributed by atoms with van der Waals surface area (Å²) >= 11 is 3.32. The number of ether oxygens (including phenoxy) is 2. The van der Waals surface area contributed by atoms with Crippen LogP contribution in [0.25, 0.3) is 21.9 Å². The number of hydrogen-bond acceptors (Lipinski definition) is 9. The molecule has 2 fully saturated rings. The van der Waals surface area contributed by atoms with E-state index in [1.807, 2.05) is 0 Å². The molecular formula is C27H26BrN7O5. The molecule has 40 heavy (non-hydrogen) atoms. The Morgan fingerprint density at radius 1 is 1.20 bits per heavy atom. The lowest BCUT2D eigenvalue weighted by molar-refractivity contribution is -0.138. The summed E-state index contributed by atoms with van der Waals surface area (Å²) in [6, 6.07) is 7.71. The number of halogens is 1. The summed E-state index contributed by atoms with van der Waals surface area (Å²) in [6.07, 6.45) is 2.70. The largest absolute Gasteiger partial charge is 0.495 e. The molecule has 6 rings (SSSR count). The molecule has 4 heterocycles. The number of amides is 2. The van der Waals surface area contributed by atoms with E-state index in [9.17, 15) is 14.4 Å². The van der Waals surface area contributed by atoms with Gasteiger partial charge in [0.2, 0.25) is 11.8 Å². The highest BCUT2D eigenvalue weighted by Crippen LogP contribution is 2.59. The zero-order chi connectivity index (χ0) is 28.3. The second-order valence-corrected chi connectivity index (χ2v) is 11.2. The van der Waals surface area contributed by atoms with Crippen LogP contribution < -0.4 is 15.8 Å². The van der Waals surface area contributed by atoms with Crippen LogP contribution in [0.2, 0.25) is 0 Å². The van der Waals surface area contributed by atoms with Gasteiger partial charge in [-0.2, -0.15) is 0 Å². The predicted octanol–water partition coefficient (Wildman–Crippen LogP) is 3.14. The van der Waals surface area contributed by atoms with Crippen molar-refractivity contribution >= 4 is 67.3 Å². The van der Waals surface area contributed by atoms with Crippen LogP contribution in [0.1, 0.15) is 30.1 Å². The third-order valence-corrected chi connectivity index (χ3v) is 8.29. The van der Waals surface area contributed by atoms with Crippen molar-refractivity contribution in [1.82, 2.24) is 24.4 Å². The second kappa shape index (κ2) is 9.44. The molecule has 1 saturated carbocycles. The number of carbonyl (C=O) groups is 3. The Balaban J connectivity index is 1.40. The van der Waals surface area contributed by atoms with Crippen molar-refractivity contribution in [1.29, 1.82) is 0 Å². The van der Waals surface area contributed by atoms with Gasteiger partial charge < -0.3 is 30.0 Å². The minimum absolute atomic E-state index is 0.0492. The van der Waals surface area contributed by atoms with E-state index in [0.717, 1.165) is 6.42 Å². The molecule has 4 aromatic rings. The molecular weight excluding hydrogens is 582 g/mol. The molecule has 0 bridgehead atoms. The highest BCUT2D eigenvalue weighted by Gasteiger charge is 2.64. The van der Waals surface area contributed by atoms with Gasteiger partial charge >= 0.3 is 5.97 Å². The Kier molecular flexibility index (Phi) is 6.13. The molecule has 0 unspecified atom stereocenters. The Bertz CT molecular complexity index is 1720. The van der Waals surface area contributed by atoms with Gasteiger partial charge in [0.1, 0.15) is 46.5 Å². The lowest BCUT2D eigenvalue weighted by atomic mass is 10.0. The highest BCUT2D eigenvalue weighted by atomic mass is 79.9. The van der Waals surface area contributed by atoms with Crippen molar-refractivity contribution in [3.05, 3.63) is 46.8 Å². The summed E-state index contributed by atoms with van der Waals surface area (Å²) in [5, 5.41) is 3.89. The normalized spacial score (nSPS) is 21.4. The minimum Gasteiger partial charge on any atom is -0.495 e. The summed E-state index contributed by atoms with van der Waals surface area (Å²) in [5.41, 5.74) is 7.33. The van der Waals surface area contributed by atoms with Crippen LogP contribution in [0.4, 0.5) is 11.6 Å². The van der Waals surface area contributed by atoms with Crippen molar-refractivity contribution in [2.45, 2.75) is 38.4 Å². The Morgan fingerprint density at radius 2 is 2.00 bits per heavy atom. The van der Waals surface area contributed by atoms with Crippen molar-refractivity contribution in [2.75, 3.05) is 25.3 Å². The van der Waals surface area contributed by atoms with Crippen LogP contribution in [0, 0.1) is 5.41 Å². The first-order valence-electron chi connectivity index (χ1n) is 12.6. The number of aromatic nitrogens is 4. The summed E-state index contributed by atoms with van der Waals surface area (Å²) < 4.78 is 12.8. The van der Waals surface area contributed by atoms with Crippen LogP contribution >= 0.6 is 15.9 Å². The zero-order valence-corrected chi connectivity index (χ0v) is 23.6. The fourth-order valence-corrected chi connectivity index (χ4v) is 6.19. The van der Waals surface area contributed by atoms with Gasteiger partial charge in [-0.3, -0.25) is 9.59 Å². The van der Waals surface area contributed by atoms with Crippen molar-refractivity contribution in [3.63, 3.8) is 0 Å². The number of nitrogens with two attached hydrogens (primary N) is 1. The molecule has 13 heteroatoms. The maximum absolute atomic E-state index is 14.0. The number of nitrogen functional groups attached to an aromatic ring is 1. The average Bonchev–Trinajstić information content (AvgIpc) is 3.33. The van der Waals surface area contributed by atoms with Crippen LogP contribution in [0.15, 0.2) is 41.3 Å². The number of nitrogens with zero attached hydrogens (tertiary/aromatic N) is 5. The zero-order valence-electron chi connectivity index (χ0n) is 22.0. The lowest BCUT2D eigenvalue weighted by Crippen LogP contribution is -2.46. The van der Waals surface area contributed by atoms with E-state index >= 15 is 0 Å². The predicted molar refractivity (Wildman–Crippen MR) is 150 cm³/mol. The molecule has 3 N–H and O–H groups in total. The molecule has 0 spiro atoms. The summed E-state index contributed by atoms with van der Waals surface area (Å²) in [4.78, 5) is 54.3. The first-order valence-corrected chi connectivity index (χ1v) is 13.4. The number of methoxy groups -OCH3 is 2. The SMILES string of the molecule is COC(=O)c1cc(OC)c2c(c1)c1c(N)ncnc1n2CC(=O)N1[C@H](C(=O)Nc2cccc(Br)n2)C[C@@]2(C)C[C@@H]12. The Labute approximate surface area is 237 Å². The third kappa shape index (κ3) is 4.12. The minimum atomic E-state index is -0.655. The monoisotopic (exact) mass is 607 g/mol. The molecule has 12 nitrogen and oxygen atoms in total. The summed E-state index contributed by atoms with van der Waals surface area (Å²) in [7, 11) is 2.76. The first-order chi connectivity index (χ1) is 19.1. The van der Waals surface area contributed by atoms with Gasteiger partial charge in [-0.05, 0) is 58.5 Å². The van der Waals surface area contributed by atoms with E-state index in [0.29, 0.717) is 44.5 Å². The maximum Gasteiger partial charge on any atom is 0.338 e. The number of nitrogens with one attached hydrogen (secondary N) is 1. The number of rotatable bonds is 6. The van der Waals surface area contributed by atoms with Gasteiger partial charge in [0.05, 0.1) is 30.7 Å². The van der Waals surface area contributed by atoms with Crippen molar-refractivity contribution < 1.29 is 23.9 Å². The van der Waals surface area contributed by atoms with E-state index < -0.39 is 12.0 Å². The smallest absolute Gasteiger partial charge is 0.338 e. The average molecular weight is 608 g/mol. The molecule has 206 valence electrons. The van der Waals surface area contributed by atoms with Crippen molar-refractivity contribution in [2.24, 2.45) is 5.41 Å². The first kappa shape index (κ1) is 26.0. The van der Waals surface area contributed by atoms with Crippen molar-refractivity contribution in [3.8, 4) is 5.75 Å². The van der Waals surface area contributed by atoms with Gasteiger partial charge in [0.15, 0.2) is 0 Å². The standard InChI is InChI=1S/C27H26BrN7O5/c1-27-9-15(25(37)33-19-6-4-5-18(28)32-19)35(17(27)10-27)20(36)11-34-22-14(21-23(29)30-12-31-24(21)34)7-13(26(38)40-3)8-16(22)39-2/h4-8,12,15,17H,9-11H2,1-3H3,(H2,29,30,31)(H,32,33,37)/t15-,17+,27-/m0/s1. The fourth-order valence-electron chi connectivity index (χ4n) is 5.84. The number of esters is 1. The van der Waals surface area contributed by atoms with Gasteiger partial charge in [-0.25, -0.2) is 19.7 Å². The number of fused-ring (bicyclic) bond motifs is 4. The van der Waals surface area contributed by atoms with E-state index in [1.54, 1.807) is 39.8 Å². The van der Waals surface area contributed by atoms with Gasteiger partial charge in [0.25, 0.3) is 0 Å². The van der Waals surface area contributed by atoms with Crippen LogP contribution in [0.5, 0.6) is 5.75 Å². The lowest BCUT2D eigenvalue weighted by Gasteiger charge is -2.27. The number of piperidine rings is 1. The molecule has 2 aliphatic rings. The van der Waals surface area contributed by atoms with Crippen LogP contribution in [-0.4, -0.2) is 68.5 Å². The van der Waals surface area contributed by atoms with E-state index in [-0.39, 0.29) is 41.2 Å². The molecule has 0 radical (unpaired) electrons. The number of benzene rings is 1. The van der Waals surface area contributed by atoms with Gasteiger partial charge in [-0.1, -0.05) is 13.0 Å². The second-order valence-electron chi connectivity index (χ2n) is 10.3. The number of carbonyl (C=O) groups excluding carboxylic acids is 3. The fraction of sp³-hybridized carbons (Fsp3) is 0.333. The molecule has 1 aliphatic carbocycles. The molecule has 3 atom stereocenters. The quantitative estimate of drug-likeness (QED) is 0.248. The topological polar surface area (TPSA) is 155 Å². The number of pyridine rings is 1.